The lowest BCUT2D eigenvalue weighted by Crippen LogP contribution is -2.39. The van der Waals surface area contributed by atoms with E-state index in [0.29, 0.717) is 5.92 Å². The van der Waals surface area contributed by atoms with Crippen LogP contribution in [0.4, 0.5) is 0 Å². The third kappa shape index (κ3) is 3.85. The van der Waals surface area contributed by atoms with Gasteiger partial charge < -0.3 is 4.74 Å². The van der Waals surface area contributed by atoms with E-state index >= 15 is 0 Å². The van der Waals surface area contributed by atoms with Gasteiger partial charge in [0, 0.05) is 0 Å². The second-order valence-electron chi connectivity index (χ2n) is 7.39. The SMILES string of the molecule is COC(=O)[C@]1(C)CCC=C(C)[C@H]1CCc1cccc(C(C)C)c1. The Labute approximate surface area is 140 Å². The first-order valence-corrected chi connectivity index (χ1v) is 8.72. The quantitative estimate of drug-likeness (QED) is 0.546. The third-order valence-corrected chi connectivity index (χ3v) is 5.44. The van der Waals surface area contributed by atoms with Crippen molar-refractivity contribution in [2.75, 3.05) is 7.11 Å². The largest absolute Gasteiger partial charge is 0.469 e. The van der Waals surface area contributed by atoms with Crippen LogP contribution in [0.5, 0.6) is 0 Å². The summed E-state index contributed by atoms with van der Waals surface area (Å²) in [6, 6.07) is 8.84. The van der Waals surface area contributed by atoms with Crippen molar-refractivity contribution in [3.8, 4) is 0 Å². The van der Waals surface area contributed by atoms with Crippen LogP contribution in [0.2, 0.25) is 0 Å². The maximum Gasteiger partial charge on any atom is 0.312 e. The minimum absolute atomic E-state index is 0.0640. The number of rotatable bonds is 5. The number of hydrogen-bond acceptors (Lipinski definition) is 2. The average Bonchev–Trinajstić information content (AvgIpc) is 2.53. The van der Waals surface area contributed by atoms with Gasteiger partial charge in [-0.1, -0.05) is 49.8 Å². The summed E-state index contributed by atoms with van der Waals surface area (Å²) in [5, 5.41) is 0. The lowest BCUT2D eigenvalue weighted by atomic mass is 9.65. The molecule has 0 saturated heterocycles. The van der Waals surface area contributed by atoms with Crippen molar-refractivity contribution < 1.29 is 9.53 Å². The first kappa shape index (κ1) is 17.8. The molecule has 0 fully saturated rings. The molecule has 2 atom stereocenters. The van der Waals surface area contributed by atoms with Gasteiger partial charge in [0.2, 0.25) is 0 Å². The topological polar surface area (TPSA) is 26.3 Å². The Balaban J connectivity index is 2.16. The van der Waals surface area contributed by atoms with Crippen molar-refractivity contribution >= 4 is 5.97 Å². The highest BCUT2D eigenvalue weighted by atomic mass is 16.5. The minimum Gasteiger partial charge on any atom is -0.469 e. The molecule has 1 aromatic rings. The van der Waals surface area contributed by atoms with E-state index < -0.39 is 0 Å². The predicted octanol–water partition coefficient (Wildman–Crippen LogP) is 5.28. The molecule has 0 spiro atoms. The predicted molar refractivity (Wildman–Crippen MR) is 95.5 cm³/mol. The Kier molecular flexibility index (Phi) is 5.67. The summed E-state index contributed by atoms with van der Waals surface area (Å²) >= 11 is 0. The molecule has 1 aromatic carbocycles. The van der Waals surface area contributed by atoms with Crippen LogP contribution in [0.25, 0.3) is 0 Å². The molecule has 0 saturated carbocycles. The summed E-state index contributed by atoms with van der Waals surface area (Å²) in [6.07, 6.45) is 6.14. The van der Waals surface area contributed by atoms with Crippen LogP contribution in [0.1, 0.15) is 64.0 Å². The van der Waals surface area contributed by atoms with E-state index in [0.717, 1.165) is 25.7 Å². The van der Waals surface area contributed by atoms with Crippen LogP contribution in [0, 0.1) is 11.3 Å². The van der Waals surface area contributed by atoms with Gasteiger partial charge in [0.05, 0.1) is 12.5 Å². The fraction of sp³-hybridized carbons (Fsp3) is 0.571. The van der Waals surface area contributed by atoms with Gasteiger partial charge in [0.25, 0.3) is 0 Å². The van der Waals surface area contributed by atoms with E-state index in [4.69, 9.17) is 4.74 Å². The number of carbonyl (C=O) groups excluding carboxylic acids is 1. The highest BCUT2D eigenvalue weighted by Crippen LogP contribution is 2.44. The highest BCUT2D eigenvalue weighted by Gasteiger charge is 2.43. The second-order valence-corrected chi connectivity index (χ2v) is 7.39. The number of methoxy groups -OCH3 is 1. The molecule has 0 unspecified atom stereocenters. The van der Waals surface area contributed by atoms with Gasteiger partial charge in [-0.15, -0.1) is 0 Å². The molecule has 2 rings (SSSR count). The first-order chi connectivity index (χ1) is 10.9. The molecule has 0 aromatic heterocycles. The molecule has 0 radical (unpaired) electrons. The molecule has 126 valence electrons. The van der Waals surface area contributed by atoms with E-state index in [9.17, 15) is 4.79 Å². The minimum atomic E-state index is -0.386. The summed E-state index contributed by atoms with van der Waals surface area (Å²) in [4.78, 5) is 12.3. The van der Waals surface area contributed by atoms with E-state index in [-0.39, 0.29) is 17.3 Å². The molecule has 0 bridgehead atoms. The Morgan fingerprint density at radius 3 is 2.78 bits per heavy atom. The fourth-order valence-electron chi connectivity index (χ4n) is 3.86. The molecule has 0 N–H and O–H groups in total. The lowest BCUT2D eigenvalue weighted by molar-refractivity contribution is -0.155. The Morgan fingerprint density at radius 1 is 1.39 bits per heavy atom. The number of allylic oxidation sites excluding steroid dienone is 2. The van der Waals surface area contributed by atoms with Gasteiger partial charge >= 0.3 is 5.97 Å². The summed E-state index contributed by atoms with van der Waals surface area (Å²) in [5.74, 6) is 0.754. The molecule has 0 aliphatic heterocycles. The maximum atomic E-state index is 12.3. The average molecular weight is 314 g/mol. The number of hydrogen-bond donors (Lipinski definition) is 0. The Bertz CT molecular complexity index is 585. The van der Waals surface area contributed by atoms with E-state index in [1.165, 1.54) is 23.8 Å². The van der Waals surface area contributed by atoms with Crippen molar-refractivity contribution in [3.63, 3.8) is 0 Å². The first-order valence-electron chi connectivity index (χ1n) is 8.72. The molecule has 1 aliphatic carbocycles. The van der Waals surface area contributed by atoms with Crippen LogP contribution in [0.3, 0.4) is 0 Å². The van der Waals surface area contributed by atoms with E-state index in [1.807, 2.05) is 0 Å². The highest BCUT2D eigenvalue weighted by molar-refractivity contribution is 5.77. The molecule has 2 nitrogen and oxygen atoms in total. The molecular formula is C21H30O2. The van der Waals surface area contributed by atoms with Crippen molar-refractivity contribution in [2.24, 2.45) is 11.3 Å². The summed E-state index contributed by atoms with van der Waals surface area (Å²) < 4.78 is 5.11. The van der Waals surface area contributed by atoms with Crippen LogP contribution in [0.15, 0.2) is 35.9 Å². The second kappa shape index (κ2) is 7.33. The van der Waals surface area contributed by atoms with Crippen molar-refractivity contribution in [1.29, 1.82) is 0 Å². The van der Waals surface area contributed by atoms with Gasteiger partial charge in [0.15, 0.2) is 0 Å². The van der Waals surface area contributed by atoms with Gasteiger partial charge in [-0.05, 0) is 62.5 Å². The van der Waals surface area contributed by atoms with Crippen LogP contribution >= 0.6 is 0 Å². The van der Waals surface area contributed by atoms with E-state index in [2.05, 4.69) is 58.0 Å². The standard InChI is InChI=1S/C21H30O2/c1-15(2)18-10-6-9-17(14-18)11-12-19-16(3)8-7-13-21(19,4)20(22)23-5/h6,8-10,14-15,19H,7,11-13H2,1-5H3/t19-,21-/m1/s1. The number of ether oxygens (including phenoxy) is 1. The fourth-order valence-corrected chi connectivity index (χ4v) is 3.86. The van der Waals surface area contributed by atoms with Crippen LogP contribution < -0.4 is 0 Å². The number of benzene rings is 1. The Hall–Kier alpha value is -1.57. The normalized spacial score (nSPS) is 24.4. The molecule has 1 aliphatic rings. The zero-order valence-corrected chi connectivity index (χ0v) is 15.2. The van der Waals surface area contributed by atoms with E-state index in [1.54, 1.807) is 0 Å². The van der Waals surface area contributed by atoms with Gasteiger partial charge in [0.1, 0.15) is 0 Å². The molecule has 0 amide bonds. The number of carbonyl (C=O) groups is 1. The lowest BCUT2D eigenvalue weighted by Gasteiger charge is -2.39. The van der Waals surface area contributed by atoms with Crippen LogP contribution in [-0.4, -0.2) is 13.1 Å². The number of aryl methyl sites for hydroxylation is 1. The summed E-state index contributed by atoms with van der Waals surface area (Å²) in [7, 11) is 1.50. The zero-order valence-electron chi connectivity index (χ0n) is 15.2. The molecule has 0 heterocycles. The third-order valence-electron chi connectivity index (χ3n) is 5.44. The molecule has 2 heteroatoms. The van der Waals surface area contributed by atoms with Crippen molar-refractivity contribution in [2.45, 2.75) is 59.3 Å². The van der Waals surface area contributed by atoms with Crippen LogP contribution in [-0.2, 0) is 16.0 Å². The van der Waals surface area contributed by atoms with Gasteiger partial charge in [-0.2, -0.15) is 0 Å². The summed E-state index contributed by atoms with van der Waals surface area (Å²) in [6.45, 7) is 8.68. The number of esters is 1. The molecule has 23 heavy (non-hydrogen) atoms. The van der Waals surface area contributed by atoms with Crippen molar-refractivity contribution in [3.05, 3.63) is 47.0 Å². The van der Waals surface area contributed by atoms with Gasteiger partial charge in [-0.3, -0.25) is 4.79 Å². The van der Waals surface area contributed by atoms with Gasteiger partial charge in [-0.25, -0.2) is 0 Å². The monoisotopic (exact) mass is 314 g/mol. The Morgan fingerprint density at radius 2 is 2.13 bits per heavy atom. The zero-order chi connectivity index (χ0) is 17.0. The van der Waals surface area contributed by atoms with Crippen molar-refractivity contribution in [1.82, 2.24) is 0 Å². The maximum absolute atomic E-state index is 12.3. The smallest absolute Gasteiger partial charge is 0.312 e. The summed E-state index contributed by atoms with van der Waals surface area (Å²) in [5.41, 5.74) is 3.70. The molecular weight excluding hydrogens is 284 g/mol.